The van der Waals surface area contributed by atoms with E-state index >= 15 is 0 Å². The van der Waals surface area contributed by atoms with Gasteiger partial charge < -0.3 is 4.57 Å². The lowest BCUT2D eigenvalue weighted by molar-refractivity contribution is 0.101. The molecule has 0 aliphatic heterocycles. The summed E-state index contributed by atoms with van der Waals surface area (Å²) in [7, 11) is 1.62. The van der Waals surface area contributed by atoms with Crippen molar-refractivity contribution in [2.75, 3.05) is 0 Å². The minimum Gasteiger partial charge on any atom is -0.324 e. The third-order valence-electron chi connectivity index (χ3n) is 3.73. The third kappa shape index (κ3) is 5.23. The summed E-state index contributed by atoms with van der Waals surface area (Å²) in [6.07, 6.45) is 10.2. The highest BCUT2D eigenvalue weighted by molar-refractivity contribution is 7.71. The number of Topliss-reactive ketones (excluding diaryl/α,β-unsaturated/α-hetero) is 1. The Hall–Kier alpha value is -1.23. The predicted octanol–water partition coefficient (Wildman–Crippen LogP) is 3.87. The molecule has 4 nitrogen and oxygen atoms in total. The van der Waals surface area contributed by atoms with E-state index in [1.54, 1.807) is 13.2 Å². The molecule has 1 aromatic rings. The minimum absolute atomic E-state index is 0.209. The Labute approximate surface area is 131 Å². The van der Waals surface area contributed by atoms with Gasteiger partial charge >= 0.3 is 0 Å². The van der Waals surface area contributed by atoms with Crippen molar-refractivity contribution in [2.24, 2.45) is 7.05 Å². The first kappa shape index (κ1) is 17.8. The fraction of sp³-hybridized carbons (Fsp3) is 0.688. The Morgan fingerprint density at radius 3 is 2.29 bits per heavy atom. The summed E-state index contributed by atoms with van der Waals surface area (Å²) in [4.78, 5) is 23.4. The lowest BCUT2D eigenvalue weighted by Gasteiger charge is -2.11. The van der Waals surface area contributed by atoms with Crippen molar-refractivity contribution in [3.05, 3.63) is 26.9 Å². The quantitative estimate of drug-likeness (QED) is 0.395. The molecule has 0 saturated heterocycles. The van der Waals surface area contributed by atoms with E-state index in [0.717, 1.165) is 19.4 Å². The first-order valence-electron chi connectivity index (χ1n) is 7.80. The number of carbonyl (C=O) groups excluding carboxylic acids is 1. The molecular weight excluding hydrogens is 284 g/mol. The molecule has 118 valence electrons. The van der Waals surface area contributed by atoms with Gasteiger partial charge in [-0.05, 0) is 25.6 Å². The second-order valence-electron chi connectivity index (χ2n) is 5.56. The average molecular weight is 310 g/mol. The first-order chi connectivity index (χ1) is 9.99. The van der Waals surface area contributed by atoms with Gasteiger partial charge in [-0.3, -0.25) is 14.2 Å². The van der Waals surface area contributed by atoms with Crippen molar-refractivity contribution in [3.63, 3.8) is 0 Å². The second kappa shape index (κ2) is 8.93. The topological polar surface area (TPSA) is 44.0 Å². The number of aryl methyl sites for hydroxylation is 1. The molecule has 21 heavy (non-hydrogen) atoms. The van der Waals surface area contributed by atoms with Crippen molar-refractivity contribution < 1.29 is 4.79 Å². The predicted molar refractivity (Wildman–Crippen MR) is 88.5 cm³/mol. The van der Waals surface area contributed by atoms with E-state index in [2.05, 4.69) is 6.92 Å². The number of ketones is 1. The number of unbranched alkanes of at least 4 members (excludes halogenated alkanes) is 6. The van der Waals surface area contributed by atoms with E-state index < -0.39 is 0 Å². The largest absolute Gasteiger partial charge is 0.324 e. The molecule has 1 heterocycles. The first-order valence-corrected chi connectivity index (χ1v) is 8.21. The normalized spacial score (nSPS) is 10.8. The zero-order chi connectivity index (χ0) is 15.8. The van der Waals surface area contributed by atoms with Crippen LogP contribution in [0.4, 0.5) is 0 Å². The standard InChI is InChI=1S/C16H26N2O2S/c1-4-5-6-7-8-9-10-11-18-12-14(13(2)19)15(20)17(3)16(18)21/h12H,4-11H2,1-3H3. The molecule has 0 unspecified atom stereocenters. The van der Waals surface area contributed by atoms with Crippen molar-refractivity contribution >= 4 is 18.0 Å². The lowest BCUT2D eigenvalue weighted by Crippen LogP contribution is -2.27. The highest BCUT2D eigenvalue weighted by atomic mass is 32.1. The zero-order valence-corrected chi connectivity index (χ0v) is 14.2. The number of rotatable bonds is 9. The number of hydrogen-bond acceptors (Lipinski definition) is 3. The van der Waals surface area contributed by atoms with Gasteiger partial charge in [0.05, 0.1) is 5.56 Å². The maximum absolute atomic E-state index is 11.9. The van der Waals surface area contributed by atoms with E-state index in [9.17, 15) is 9.59 Å². The van der Waals surface area contributed by atoms with Crippen LogP contribution in [0.5, 0.6) is 0 Å². The molecule has 0 aliphatic rings. The summed E-state index contributed by atoms with van der Waals surface area (Å²) in [5.74, 6) is -0.209. The maximum atomic E-state index is 11.9. The van der Waals surface area contributed by atoms with Crippen molar-refractivity contribution in [3.8, 4) is 0 Å². The second-order valence-corrected chi connectivity index (χ2v) is 5.93. The van der Waals surface area contributed by atoms with E-state index in [0.29, 0.717) is 4.77 Å². The molecule has 5 heteroatoms. The van der Waals surface area contributed by atoms with Crippen LogP contribution < -0.4 is 5.56 Å². The fourth-order valence-corrected chi connectivity index (χ4v) is 2.59. The molecular formula is C16H26N2O2S. The average Bonchev–Trinajstić information content (AvgIpc) is 2.45. The van der Waals surface area contributed by atoms with Gasteiger partial charge in [-0.25, -0.2) is 0 Å². The fourth-order valence-electron chi connectivity index (χ4n) is 2.37. The Bertz CT molecular complexity index is 587. The molecule has 0 amide bonds. The van der Waals surface area contributed by atoms with E-state index in [1.165, 1.54) is 43.6 Å². The summed E-state index contributed by atoms with van der Waals surface area (Å²) >= 11 is 5.28. The Balaban J connectivity index is 2.62. The molecule has 0 saturated carbocycles. The van der Waals surface area contributed by atoms with Crippen LogP contribution in [-0.2, 0) is 13.6 Å². The van der Waals surface area contributed by atoms with Crippen LogP contribution in [0.3, 0.4) is 0 Å². The van der Waals surface area contributed by atoms with E-state index in [4.69, 9.17) is 12.2 Å². The number of carbonyl (C=O) groups is 1. The van der Waals surface area contributed by atoms with E-state index in [-0.39, 0.29) is 16.9 Å². The lowest BCUT2D eigenvalue weighted by atomic mass is 10.1. The van der Waals surface area contributed by atoms with Crippen molar-refractivity contribution in [2.45, 2.75) is 65.3 Å². The van der Waals surface area contributed by atoms with Gasteiger partial charge in [-0.1, -0.05) is 45.4 Å². The highest BCUT2D eigenvalue weighted by Crippen LogP contribution is 2.08. The molecule has 1 aromatic heterocycles. The van der Waals surface area contributed by atoms with Crippen LogP contribution in [0, 0.1) is 4.77 Å². The molecule has 0 radical (unpaired) electrons. The molecule has 1 rings (SSSR count). The smallest absolute Gasteiger partial charge is 0.264 e. The van der Waals surface area contributed by atoms with Gasteiger partial charge in [-0.15, -0.1) is 0 Å². The SMILES string of the molecule is CCCCCCCCCn1cc(C(C)=O)c(=O)n(C)c1=S. The summed E-state index contributed by atoms with van der Waals surface area (Å²) in [5, 5.41) is 0. The summed E-state index contributed by atoms with van der Waals surface area (Å²) in [5.41, 5.74) is -0.0858. The number of nitrogens with zero attached hydrogens (tertiary/aromatic N) is 2. The van der Waals surface area contributed by atoms with Gasteiger partial charge in [0.1, 0.15) is 0 Å². The van der Waals surface area contributed by atoms with Gasteiger partial charge in [0.15, 0.2) is 10.6 Å². The molecule has 0 bridgehead atoms. The van der Waals surface area contributed by atoms with Crippen molar-refractivity contribution in [1.29, 1.82) is 0 Å². The van der Waals surface area contributed by atoms with Crippen LogP contribution in [0.1, 0.15) is 69.2 Å². The molecule has 0 spiro atoms. The highest BCUT2D eigenvalue weighted by Gasteiger charge is 2.10. The van der Waals surface area contributed by atoms with E-state index in [1.807, 2.05) is 4.57 Å². The third-order valence-corrected chi connectivity index (χ3v) is 4.24. The summed E-state index contributed by atoms with van der Waals surface area (Å²) in [6.45, 7) is 4.40. The van der Waals surface area contributed by atoms with Crippen LogP contribution in [0.2, 0.25) is 0 Å². The summed E-state index contributed by atoms with van der Waals surface area (Å²) < 4.78 is 3.71. The van der Waals surface area contributed by atoms with Gasteiger partial charge in [0, 0.05) is 19.8 Å². The molecule has 0 aliphatic carbocycles. The molecule has 0 fully saturated rings. The van der Waals surface area contributed by atoms with Gasteiger partial charge in [-0.2, -0.15) is 0 Å². The molecule has 0 aromatic carbocycles. The van der Waals surface area contributed by atoms with Crippen LogP contribution in [0.15, 0.2) is 11.0 Å². The maximum Gasteiger partial charge on any atom is 0.264 e. The van der Waals surface area contributed by atoms with Crippen LogP contribution in [0.25, 0.3) is 0 Å². The molecule has 0 atom stereocenters. The van der Waals surface area contributed by atoms with Crippen molar-refractivity contribution in [1.82, 2.24) is 9.13 Å². The monoisotopic (exact) mass is 310 g/mol. The zero-order valence-electron chi connectivity index (χ0n) is 13.4. The number of aromatic nitrogens is 2. The Morgan fingerprint density at radius 2 is 1.71 bits per heavy atom. The van der Waals surface area contributed by atoms with Gasteiger partial charge in [0.25, 0.3) is 5.56 Å². The Morgan fingerprint density at radius 1 is 1.14 bits per heavy atom. The van der Waals surface area contributed by atoms with Crippen LogP contribution in [-0.4, -0.2) is 14.9 Å². The number of hydrogen-bond donors (Lipinski definition) is 0. The minimum atomic E-state index is -0.302. The Kier molecular flexibility index (Phi) is 7.57. The van der Waals surface area contributed by atoms with Crippen LogP contribution >= 0.6 is 12.2 Å². The summed E-state index contributed by atoms with van der Waals surface area (Å²) in [6, 6.07) is 0. The molecule has 0 N–H and O–H groups in total. The van der Waals surface area contributed by atoms with Gasteiger partial charge in [0.2, 0.25) is 0 Å².